The quantitative estimate of drug-likeness (QED) is 0.782. The highest BCUT2D eigenvalue weighted by Gasteiger charge is 2.42. The van der Waals surface area contributed by atoms with Gasteiger partial charge in [0.15, 0.2) is 0 Å². The molecule has 1 amide bonds. The fraction of sp³-hybridized carbons (Fsp3) is 0.500. The lowest BCUT2D eigenvalue weighted by atomic mass is 9.85. The van der Waals surface area contributed by atoms with Crippen molar-refractivity contribution in [2.24, 2.45) is 5.92 Å². The van der Waals surface area contributed by atoms with Crippen LogP contribution in [-0.4, -0.2) is 18.1 Å². The van der Waals surface area contributed by atoms with Gasteiger partial charge >= 0.3 is 6.18 Å². The summed E-state index contributed by atoms with van der Waals surface area (Å²) in [5.41, 5.74) is 6.40. The summed E-state index contributed by atoms with van der Waals surface area (Å²) >= 11 is 3.24. The van der Waals surface area contributed by atoms with Gasteiger partial charge < -0.3 is 11.1 Å². The number of nitrogen functional groups attached to an aromatic ring is 1. The Morgan fingerprint density at radius 3 is 2.71 bits per heavy atom. The van der Waals surface area contributed by atoms with Crippen molar-refractivity contribution in [2.45, 2.75) is 37.9 Å². The summed E-state index contributed by atoms with van der Waals surface area (Å²) < 4.78 is 38.8. The molecule has 3 nitrogen and oxygen atoms in total. The second-order valence-electron chi connectivity index (χ2n) is 5.31. The van der Waals surface area contributed by atoms with Gasteiger partial charge in [-0.15, -0.1) is 0 Å². The van der Waals surface area contributed by atoms with Crippen molar-refractivity contribution in [1.82, 2.24) is 5.32 Å². The SMILES string of the molecule is Nc1ccc(Br)c(C(=O)NC2CCCC(C(F)(F)F)C2)c1. The molecule has 1 aromatic rings. The molecule has 0 radical (unpaired) electrons. The third-order valence-corrected chi connectivity index (χ3v) is 4.40. The van der Waals surface area contributed by atoms with E-state index in [9.17, 15) is 18.0 Å². The predicted octanol–water partition coefficient (Wildman–Crippen LogP) is 3.88. The Morgan fingerprint density at radius 1 is 1.33 bits per heavy atom. The number of nitrogens with two attached hydrogens (primary N) is 1. The molecule has 1 saturated carbocycles. The Morgan fingerprint density at radius 2 is 2.05 bits per heavy atom. The lowest BCUT2D eigenvalue weighted by molar-refractivity contribution is -0.183. The highest BCUT2D eigenvalue weighted by atomic mass is 79.9. The van der Waals surface area contributed by atoms with Crippen molar-refractivity contribution in [2.75, 3.05) is 5.73 Å². The average molecular weight is 365 g/mol. The molecule has 0 heterocycles. The van der Waals surface area contributed by atoms with Gasteiger partial charge in [-0.25, -0.2) is 0 Å². The van der Waals surface area contributed by atoms with E-state index in [2.05, 4.69) is 21.2 Å². The van der Waals surface area contributed by atoms with Gasteiger partial charge in [0.1, 0.15) is 0 Å². The summed E-state index contributed by atoms with van der Waals surface area (Å²) in [5, 5.41) is 2.68. The van der Waals surface area contributed by atoms with E-state index in [1.165, 1.54) is 6.07 Å². The lowest BCUT2D eigenvalue weighted by Gasteiger charge is -2.31. The first-order valence-corrected chi connectivity index (χ1v) is 7.49. The zero-order chi connectivity index (χ0) is 15.6. The maximum atomic E-state index is 12.8. The Bertz CT molecular complexity index is 533. The molecule has 1 aromatic carbocycles. The maximum absolute atomic E-state index is 12.8. The molecular formula is C14H16BrF3N2O. The Hall–Kier alpha value is -1.24. The second kappa shape index (κ2) is 6.25. The minimum absolute atomic E-state index is 0.0603. The van der Waals surface area contributed by atoms with Crippen LogP contribution in [0.15, 0.2) is 22.7 Å². The van der Waals surface area contributed by atoms with E-state index in [1.54, 1.807) is 12.1 Å². The monoisotopic (exact) mass is 364 g/mol. The minimum Gasteiger partial charge on any atom is -0.399 e. The maximum Gasteiger partial charge on any atom is 0.391 e. The number of hydrogen-bond acceptors (Lipinski definition) is 2. The number of carbonyl (C=O) groups excluding carboxylic acids is 1. The molecule has 3 N–H and O–H groups in total. The summed E-state index contributed by atoms with van der Waals surface area (Å²) in [5.74, 6) is -1.73. The molecule has 1 aliphatic carbocycles. The van der Waals surface area contributed by atoms with Gasteiger partial charge in [-0.3, -0.25) is 4.79 Å². The molecular weight excluding hydrogens is 349 g/mol. The molecule has 0 bridgehead atoms. The summed E-state index contributed by atoms with van der Waals surface area (Å²) in [7, 11) is 0. The second-order valence-corrected chi connectivity index (χ2v) is 6.17. The smallest absolute Gasteiger partial charge is 0.391 e. The number of alkyl halides is 3. The van der Waals surface area contributed by atoms with Gasteiger partial charge in [0.25, 0.3) is 5.91 Å². The molecule has 2 rings (SSSR count). The van der Waals surface area contributed by atoms with Crippen molar-refractivity contribution in [3.05, 3.63) is 28.2 Å². The van der Waals surface area contributed by atoms with E-state index >= 15 is 0 Å². The van der Waals surface area contributed by atoms with Crippen LogP contribution in [0, 0.1) is 5.92 Å². The van der Waals surface area contributed by atoms with Gasteiger partial charge in [-0.1, -0.05) is 6.42 Å². The first kappa shape index (κ1) is 16.1. The van der Waals surface area contributed by atoms with E-state index in [0.717, 1.165) is 0 Å². The third-order valence-electron chi connectivity index (χ3n) is 3.71. The van der Waals surface area contributed by atoms with Crippen molar-refractivity contribution in [3.8, 4) is 0 Å². The summed E-state index contributed by atoms with van der Waals surface area (Å²) in [6, 6.07) is 4.33. The van der Waals surface area contributed by atoms with Gasteiger partial charge in [0, 0.05) is 16.2 Å². The number of carbonyl (C=O) groups is 1. The van der Waals surface area contributed by atoms with Crippen LogP contribution < -0.4 is 11.1 Å². The fourth-order valence-corrected chi connectivity index (χ4v) is 3.02. The van der Waals surface area contributed by atoms with Gasteiger partial charge in [0.2, 0.25) is 0 Å². The minimum atomic E-state index is -4.19. The van der Waals surface area contributed by atoms with Crippen LogP contribution in [0.2, 0.25) is 0 Å². The van der Waals surface area contributed by atoms with E-state index < -0.39 is 24.0 Å². The van der Waals surface area contributed by atoms with Crippen LogP contribution in [0.1, 0.15) is 36.0 Å². The van der Waals surface area contributed by atoms with Crippen LogP contribution in [-0.2, 0) is 0 Å². The van der Waals surface area contributed by atoms with E-state index in [4.69, 9.17) is 5.73 Å². The Labute approximate surface area is 129 Å². The van der Waals surface area contributed by atoms with Crippen LogP contribution in [0.3, 0.4) is 0 Å². The first-order valence-electron chi connectivity index (χ1n) is 6.70. The molecule has 0 aromatic heterocycles. The Kier molecular flexibility index (Phi) is 4.81. The molecule has 0 saturated heterocycles. The van der Waals surface area contributed by atoms with Crippen LogP contribution in [0.25, 0.3) is 0 Å². The zero-order valence-electron chi connectivity index (χ0n) is 11.2. The molecule has 21 heavy (non-hydrogen) atoms. The topological polar surface area (TPSA) is 55.1 Å². The average Bonchev–Trinajstić information content (AvgIpc) is 2.41. The van der Waals surface area contributed by atoms with Gasteiger partial charge in [0.05, 0.1) is 11.5 Å². The Balaban J connectivity index is 2.04. The number of halogens is 4. The van der Waals surface area contributed by atoms with Crippen molar-refractivity contribution in [1.29, 1.82) is 0 Å². The van der Waals surface area contributed by atoms with Crippen LogP contribution >= 0.6 is 15.9 Å². The first-order chi connectivity index (χ1) is 9.77. The summed E-state index contributed by atoms with van der Waals surface area (Å²) in [6.45, 7) is 0. The van der Waals surface area contributed by atoms with E-state index in [-0.39, 0.29) is 12.8 Å². The van der Waals surface area contributed by atoms with Gasteiger partial charge in [-0.05, 0) is 53.4 Å². The summed E-state index contributed by atoms with van der Waals surface area (Å²) in [6.07, 6.45) is -3.08. The highest BCUT2D eigenvalue weighted by Crippen LogP contribution is 2.37. The number of rotatable bonds is 2. The van der Waals surface area contributed by atoms with Crippen LogP contribution in [0.5, 0.6) is 0 Å². The standard InChI is InChI=1S/C14H16BrF3N2O/c15-12-5-4-9(19)7-11(12)13(21)20-10-3-1-2-8(6-10)14(16,17)18/h4-5,7-8,10H,1-3,6,19H2,(H,20,21). The summed E-state index contributed by atoms with van der Waals surface area (Å²) in [4.78, 5) is 12.2. The predicted molar refractivity (Wildman–Crippen MR) is 77.8 cm³/mol. The highest BCUT2D eigenvalue weighted by molar-refractivity contribution is 9.10. The van der Waals surface area contributed by atoms with Gasteiger partial charge in [-0.2, -0.15) is 13.2 Å². The van der Waals surface area contributed by atoms with E-state index in [0.29, 0.717) is 28.6 Å². The number of hydrogen-bond donors (Lipinski definition) is 2. The normalized spacial score (nSPS) is 22.9. The van der Waals surface area contributed by atoms with Crippen LogP contribution in [0.4, 0.5) is 18.9 Å². The molecule has 2 unspecified atom stereocenters. The molecule has 2 atom stereocenters. The van der Waals surface area contributed by atoms with Crippen molar-refractivity contribution < 1.29 is 18.0 Å². The molecule has 7 heteroatoms. The molecule has 1 aliphatic rings. The zero-order valence-corrected chi connectivity index (χ0v) is 12.8. The third kappa shape index (κ3) is 4.12. The molecule has 0 aliphatic heterocycles. The lowest BCUT2D eigenvalue weighted by Crippen LogP contribution is -2.41. The number of anilines is 1. The fourth-order valence-electron chi connectivity index (χ4n) is 2.60. The molecule has 116 valence electrons. The number of amides is 1. The molecule has 0 spiro atoms. The number of nitrogens with one attached hydrogen (secondary N) is 1. The van der Waals surface area contributed by atoms with E-state index in [1.807, 2.05) is 0 Å². The molecule has 1 fully saturated rings. The number of benzene rings is 1. The largest absolute Gasteiger partial charge is 0.399 e. The van der Waals surface area contributed by atoms with Crippen molar-refractivity contribution in [3.63, 3.8) is 0 Å². The van der Waals surface area contributed by atoms with Crippen molar-refractivity contribution >= 4 is 27.5 Å².